The van der Waals surface area contributed by atoms with E-state index in [1.165, 1.54) is 5.56 Å². The number of nitrogens with one attached hydrogen (secondary N) is 1. The molecule has 1 amide bonds. The normalized spacial score (nSPS) is 15.8. The number of amides is 1. The Morgan fingerprint density at radius 3 is 2.67 bits per heavy atom. The Bertz CT molecular complexity index is 361. The summed E-state index contributed by atoms with van der Waals surface area (Å²) in [5.41, 5.74) is 1.19. The zero-order valence-corrected chi connectivity index (χ0v) is 10.4. The molecule has 98 valence electrons. The lowest BCUT2D eigenvalue weighted by molar-refractivity contribution is -0.121. The Labute approximate surface area is 107 Å². The summed E-state index contributed by atoms with van der Waals surface area (Å²) in [6.07, 6.45) is 1.88. The number of benzene rings is 1. The first-order chi connectivity index (χ1) is 8.84. The maximum atomic E-state index is 11.6. The fourth-order valence-electron chi connectivity index (χ4n) is 1.89. The lowest BCUT2D eigenvalue weighted by Gasteiger charge is -2.09. The topological polar surface area (TPSA) is 47.6 Å². The van der Waals surface area contributed by atoms with Crippen LogP contribution in [0.2, 0.25) is 0 Å². The van der Waals surface area contributed by atoms with Gasteiger partial charge in [-0.2, -0.15) is 0 Å². The zero-order chi connectivity index (χ0) is 12.6. The molecule has 2 rings (SSSR count). The average molecular weight is 249 g/mol. The molecule has 1 heterocycles. The van der Waals surface area contributed by atoms with Crippen LogP contribution >= 0.6 is 0 Å². The van der Waals surface area contributed by atoms with Crippen LogP contribution in [0.1, 0.15) is 18.4 Å². The van der Waals surface area contributed by atoms with Gasteiger partial charge in [-0.05, 0) is 12.0 Å². The van der Waals surface area contributed by atoms with Crippen LogP contribution in [0.3, 0.4) is 0 Å². The predicted molar refractivity (Wildman–Crippen MR) is 68.1 cm³/mol. The van der Waals surface area contributed by atoms with Crippen molar-refractivity contribution in [2.45, 2.75) is 25.6 Å². The standard InChI is InChI=1S/C14H19NO3/c16-13(7-6-12-4-2-1-3-5-12)15-9-8-14-17-10-11-18-14/h1-5,14H,6-11H2,(H,15,16). The Balaban J connectivity index is 1.57. The van der Waals surface area contributed by atoms with Crippen molar-refractivity contribution in [1.29, 1.82) is 0 Å². The minimum absolute atomic E-state index is 0.0804. The van der Waals surface area contributed by atoms with Gasteiger partial charge in [0.25, 0.3) is 0 Å². The fraction of sp³-hybridized carbons (Fsp3) is 0.500. The van der Waals surface area contributed by atoms with Crippen LogP contribution < -0.4 is 5.32 Å². The van der Waals surface area contributed by atoms with Gasteiger partial charge in [-0.1, -0.05) is 30.3 Å². The Kier molecular flexibility index (Phi) is 5.17. The minimum Gasteiger partial charge on any atom is -0.356 e. The van der Waals surface area contributed by atoms with Crippen molar-refractivity contribution in [3.05, 3.63) is 35.9 Å². The van der Waals surface area contributed by atoms with Crippen molar-refractivity contribution in [3.8, 4) is 0 Å². The van der Waals surface area contributed by atoms with Gasteiger partial charge in [0, 0.05) is 19.4 Å². The number of aryl methyl sites for hydroxylation is 1. The summed E-state index contributed by atoms with van der Waals surface area (Å²) in [7, 11) is 0. The molecule has 0 unspecified atom stereocenters. The molecule has 4 nitrogen and oxygen atoms in total. The summed E-state index contributed by atoms with van der Waals surface area (Å²) in [6, 6.07) is 10.0. The van der Waals surface area contributed by atoms with E-state index in [-0.39, 0.29) is 12.2 Å². The molecule has 1 aromatic carbocycles. The monoisotopic (exact) mass is 249 g/mol. The molecule has 4 heteroatoms. The third kappa shape index (κ3) is 4.47. The number of ether oxygens (including phenoxy) is 2. The van der Waals surface area contributed by atoms with Gasteiger partial charge >= 0.3 is 0 Å². The highest BCUT2D eigenvalue weighted by atomic mass is 16.7. The van der Waals surface area contributed by atoms with Crippen molar-refractivity contribution in [1.82, 2.24) is 5.32 Å². The summed E-state index contributed by atoms with van der Waals surface area (Å²) in [6.45, 7) is 1.93. The highest BCUT2D eigenvalue weighted by Crippen LogP contribution is 2.06. The van der Waals surface area contributed by atoms with Crippen molar-refractivity contribution < 1.29 is 14.3 Å². The Morgan fingerprint density at radius 1 is 1.22 bits per heavy atom. The maximum absolute atomic E-state index is 11.6. The first-order valence-corrected chi connectivity index (χ1v) is 6.38. The van der Waals surface area contributed by atoms with Crippen LogP contribution in [0.4, 0.5) is 0 Å². The second-order valence-corrected chi connectivity index (χ2v) is 4.30. The molecule has 1 aromatic rings. The first kappa shape index (κ1) is 13.1. The molecule has 1 fully saturated rings. The van der Waals surface area contributed by atoms with Crippen LogP contribution in [0.15, 0.2) is 30.3 Å². The van der Waals surface area contributed by atoms with Gasteiger partial charge in [-0.15, -0.1) is 0 Å². The summed E-state index contributed by atoms with van der Waals surface area (Å²) < 4.78 is 10.6. The highest BCUT2D eigenvalue weighted by Gasteiger charge is 2.15. The van der Waals surface area contributed by atoms with Crippen LogP contribution in [0, 0.1) is 0 Å². The van der Waals surface area contributed by atoms with Gasteiger partial charge in [0.1, 0.15) is 0 Å². The van der Waals surface area contributed by atoms with E-state index in [1.807, 2.05) is 30.3 Å². The van der Waals surface area contributed by atoms with E-state index < -0.39 is 0 Å². The van der Waals surface area contributed by atoms with Crippen molar-refractivity contribution >= 4 is 5.91 Å². The van der Waals surface area contributed by atoms with E-state index >= 15 is 0 Å². The minimum atomic E-state index is -0.139. The molecule has 1 aliphatic rings. The molecule has 0 aromatic heterocycles. The van der Waals surface area contributed by atoms with Crippen molar-refractivity contribution in [3.63, 3.8) is 0 Å². The number of hydrogen-bond donors (Lipinski definition) is 1. The van der Waals surface area contributed by atoms with Gasteiger partial charge in [-0.25, -0.2) is 0 Å². The molecule has 0 atom stereocenters. The van der Waals surface area contributed by atoms with Gasteiger partial charge in [-0.3, -0.25) is 4.79 Å². The first-order valence-electron chi connectivity index (χ1n) is 6.38. The Morgan fingerprint density at radius 2 is 1.94 bits per heavy atom. The Hall–Kier alpha value is -1.39. The zero-order valence-electron chi connectivity index (χ0n) is 10.4. The molecule has 0 aliphatic carbocycles. The van der Waals surface area contributed by atoms with Crippen LogP contribution in [0.25, 0.3) is 0 Å². The van der Waals surface area contributed by atoms with Gasteiger partial charge in [0.05, 0.1) is 13.2 Å². The number of rotatable bonds is 6. The second kappa shape index (κ2) is 7.13. The average Bonchev–Trinajstić information content (AvgIpc) is 2.91. The third-order valence-corrected chi connectivity index (χ3v) is 2.88. The quantitative estimate of drug-likeness (QED) is 0.831. The summed E-state index contributed by atoms with van der Waals surface area (Å²) in [4.78, 5) is 11.6. The summed E-state index contributed by atoms with van der Waals surface area (Å²) in [5.74, 6) is 0.0804. The molecular weight excluding hydrogens is 230 g/mol. The molecular formula is C14H19NO3. The van der Waals surface area contributed by atoms with E-state index in [9.17, 15) is 4.79 Å². The molecule has 1 N–H and O–H groups in total. The summed E-state index contributed by atoms with van der Waals surface area (Å²) in [5, 5.41) is 2.88. The van der Waals surface area contributed by atoms with E-state index in [1.54, 1.807) is 0 Å². The molecule has 0 bridgehead atoms. The van der Waals surface area contributed by atoms with E-state index in [2.05, 4.69) is 5.32 Å². The van der Waals surface area contributed by atoms with Crippen LogP contribution in [-0.4, -0.2) is 32.0 Å². The lowest BCUT2D eigenvalue weighted by Crippen LogP contribution is -2.27. The number of hydrogen-bond acceptors (Lipinski definition) is 3. The molecule has 0 saturated carbocycles. The molecule has 18 heavy (non-hydrogen) atoms. The lowest BCUT2D eigenvalue weighted by atomic mass is 10.1. The van der Waals surface area contributed by atoms with E-state index in [0.717, 1.165) is 12.8 Å². The SMILES string of the molecule is O=C(CCc1ccccc1)NCCC1OCCO1. The molecule has 0 spiro atoms. The largest absolute Gasteiger partial charge is 0.356 e. The fourth-order valence-corrected chi connectivity index (χ4v) is 1.89. The van der Waals surface area contributed by atoms with Crippen LogP contribution in [0.5, 0.6) is 0 Å². The summed E-state index contributed by atoms with van der Waals surface area (Å²) >= 11 is 0. The van der Waals surface area contributed by atoms with Gasteiger partial charge in [0.2, 0.25) is 5.91 Å². The third-order valence-electron chi connectivity index (χ3n) is 2.88. The van der Waals surface area contributed by atoms with Crippen molar-refractivity contribution in [2.75, 3.05) is 19.8 Å². The second-order valence-electron chi connectivity index (χ2n) is 4.30. The molecule has 0 radical (unpaired) electrons. The number of carbonyl (C=O) groups excluding carboxylic acids is 1. The van der Waals surface area contributed by atoms with Crippen LogP contribution in [-0.2, 0) is 20.7 Å². The smallest absolute Gasteiger partial charge is 0.220 e. The van der Waals surface area contributed by atoms with Gasteiger partial charge in [0.15, 0.2) is 6.29 Å². The predicted octanol–water partition coefficient (Wildman–Crippen LogP) is 1.50. The molecule has 1 saturated heterocycles. The van der Waals surface area contributed by atoms with E-state index in [0.29, 0.717) is 26.2 Å². The highest BCUT2D eigenvalue weighted by molar-refractivity contribution is 5.76. The van der Waals surface area contributed by atoms with Gasteiger partial charge < -0.3 is 14.8 Å². The van der Waals surface area contributed by atoms with Crippen molar-refractivity contribution in [2.24, 2.45) is 0 Å². The maximum Gasteiger partial charge on any atom is 0.220 e. The number of carbonyl (C=O) groups is 1. The molecule has 1 aliphatic heterocycles. The van der Waals surface area contributed by atoms with E-state index in [4.69, 9.17) is 9.47 Å².